The predicted molar refractivity (Wildman–Crippen MR) is 69.5 cm³/mol. The Balaban J connectivity index is 2.39. The summed E-state index contributed by atoms with van der Waals surface area (Å²) in [5.74, 6) is 1.60. The normalized spacial score (nSPS) is 11.0. The molecule has 2 aromatic rings. The third-order valence-electron chi connectivity index (χ3n) is 2.75. The molecule has 17 heavy (non-hydrogen) atoms. The smallest absolute Gasteiger partial charge is 0.163 e. The summed E-state index contributed by atoms with van der Waals surface area (Å²) in [6, 6.07) is 0. The van der Waals surface area contributed by atoms with Crippen LogP contribution in [0.2, 0.25) is 0 Å². The van der Waals surface area contributed by atoms with E-state index in [1.807, 2.05) is 13.2 Å². The first-order valence-corrected chi connectivity index (χ1v) is 6.25. The van der Waals surface area contributed by atoms with Crippen LogP contribution >= 0.6 is 11.6 Å². The lowest BCUT2D eigenvalue weighted by molar-refractivity contribution is 0.777. The van der Waals surface area contributed by atoms with Crippen LogP contribution < -0.4 is 4.90 Å². The fourth-order valence-electron chi connectivity index (χ4n) is 1.87. The maximum absolute atomic E-state index is 5.74. The van der Waals surface area contributed by atoms with E-state index in [1.54, 1.807) is 11.0 Å². The Hall–Kier alpha value is -1.36. The molecule has 0 fully saturated rings. The van der Waals surface area contributed by atoms with Crippen LogP contribution in [0, 0.1) is 0 Å². The summed E-state index contributed by atoms with van der Waals surface area (Å²) in [5, 5.41) is 5.21. The summed E-state index contributed by atoms with van der Waals surface area (Å²) in [7, 11) is 1.88. The van der Waals surface area contributed by atoms with Crippen molar-refractivity contribution in [2.24, 2.45) is 7.05 Å². The van der Waals surface area contributed by atoms with E-state index < -0.39 is 0 Å². The van der Waals surface area contributed by atoms with Crippen molar-refractivity contribution in [2.45, 2.75) is 13.3 Å². The lowest BCUT2D eigenvalue weighted by Crippen LogP contribution is -2.25. The van der Waals surface area contributed by atoms with Crippen molar-refractivity contribution >= 4 is 28.5 Å². The number of halogens is 1. The van der Waals surface area contributed by atoms with Crippen LogP contribution in [0.5, 0.6) is 0 Å². The number of nitrogens with zero attached hydrogens (tertiary/aromatic N) is 5. The van der Waals surface area contributed by atoms with Crippen LogP contribution in [0.15, 0.2) is 12.5 Å². The number of rotatable bonds is 5. The van der Waals surface area contributed by atoms with Gasteiger partial charge in [0.15, 0.2) is 5.65 Å². The largest absolute Gasteiger partial charge is 0.356 e. The van der Waals surface area contributed by atoms with Crippen molar-refractivity contribution in [1.29, 1.82) is 0 Å². The lowest BCUT2D eigenvalue weighted by Gasteiger charge is -2.21. The van der Waals surface area contributed by atoms with Gasteiger partial charge in [0.2, 0.25) is 0 Å². The standard InChI is InChI=1S/C11H16ClN5/c1-3-17(6-4-5-12)11-9-7-15-16(2)10(9)13-8-14-11/h7-8H,3-6H2,1-2H3. The Labute approximate surface area is 105 Å². The highest BCUT2D eigenvalue weighted by molar-refractivity contribution is 6.17. The van der Waals surface area contributed by atoms with Gasteiger partial charge in [0.1, 0.15) is 12.1 Å². The van der Waals surface area contributed by atoms with Crippen molar-refractivity contribution in [3.05, 3.63) is 12.5 Å². The summed E-state index contributed by atoms with van der Waals surface area (Å²) in [6.07, 6.45) is 4.35. The number of aryl methyl sites for hydroxylation is 1. The molecule has 0 N–H and O–H groups in total. The van der Waals surface area contributed by atoms with E-state index in [1.165, 1.54) is 0 Å². The van der Waals surface area contributed by atoms with Gasteiger partial charge in [-0.05, 0) is 13.3 Å². The average molecular weight is 254 g/mol. The molecular formula is C11H16ClN5. The summed E-state index contributed by atoms with van der Waals surface area (Å²) in [4.78, 5) is 10.8. The first kappa shape index (κ1) is 12.1. The average Bonchev–Trinajstić information content (AvgIpc) is 2.73. The highest BCUT2D eigenvalue weighted by atomic mass is 35.5. The van der Waals surface area contributed by atoms with Gasteiger partial charge < -0.3 is 4.90 Å². The quantitative estimate of drug-likeness (QED) is 0.763. The molecule has 0 spiro atoms. The van der Waals surface area contributed by atoms with E-state index in [2.05, 4.69) is 26.9 Å². The van der Waals surface area contributed by atoms with Crippen molar-refractivity contribution in [3.8, 4) is 0 Å². The van der Waals surface area contributed by atoms with Crippen LogP contribution in [-0.2, 0) is 7.05 Å². The second-order valence-electron chi connectivity index (χ2n) is 3.82. The Morgan fingerprint density at radius 1 is 1.41 bits per heavy atom. The predicted octanol–water partition coefficient (Wildman–Crippen LogP) is 1.82. The topological polar surface area (TPSA) is 46.8 Å². The molecule has 0 amide bonds. The molecule has 0 aliphatic carbocycles. The van der Waals surface area contributed by atoms with Crippen molar-refractivity contribution in [3.63, 3.8) is 0 Å². The van der Waals surface area contributed by atoms with Gasteiger partial charge in [0.05, 0.1) is 11.6 Å². The monoisotopic (exact) mass is 253 g/mol. The molecule has 5 nitrogen and oxygen atoms in total. The van der Waals surface area contributed by atoms with Crippen molar-refractivity contribution in [2.75, 3.05) is 23.9 Å². The zero-order valence-electron chi connectivity index (χ0n) is 10.1. The molecular weight excluding hydrogens is 238 g/mol. The van der Waals surface area contributed by atoms with Crippen LogP contribution in [0.25, 0.3) is 11.0 Å². The van der Waals surface area contributed by atoms with Crippen molar-refractivity contribution < 1.29 is 0 Å². The first-order chi connectivity index (χ1) is 8.27. The molecule has 0 aliphatic rings. The summed E-state index contributed by atoms with van der Waals surface area (Å²) in [6.45, 7) is 3.91. The Kier molecular flexibility index (Phi) is 3.78. The molecule has 0 unspecified atom stereocenters. The number of hydrogen-bond donors (Lipinski definition) is 0. The van der Waals surface area contributed by atoms with Gasteiger partial charge in [-0.25, -0.2) is 9.97 Å². The van der Waals surface area contributed by atoms with Gasteiger partial charge >= 0.3 is 0 Å². The minimum Gasteiger partial charge on any atom is -0.356 e. The zero-order chi connectivity index (χ0) is 12.3. The minimum atomic E-state index is 0.664. The third kappa shape index (κ3) is 2.34. The molecule has 2 aromatic heterocycles. The molecule has 0 aromatic carbocycles. The molecule has 92 valence electrons. The van der Waals surface area contributed by atoms with E-state index in [-0.39, 0.29) is 0 Å². The molecule has 0 saturated heterocycles. The molecule has 0 aliphatic heterocycles. The third-order valence-corrected chi connectivity index (χ3v) is 3.02. The number of alkyl halides is 1. The van der Waals surface area contributed by atoms with Crippen molar-refractivity contribution in [1.82, 2.24) is 19.7 Å². The van der Waals surface area contributed by atoms with Gasteiger partial charge in [-0.1, -0.05) is 0 Å². The van der Waals surface area contributed by atoms with Gasteiger partial charge in [0.25, 0.3) is 0 Å². The number of aromatic nitrogens is 4. The maximum Gasteiger partial charge on any atom is 0.163 e. The Morgan fingerprint density at radius 3 is 2.94 bits per heavy atom. The lowest BCUT2D eigenvalue weighted by atomic mass is 10.3. The highest BCUT2D eigenvalue weighted by Gasteiger charge is 2.12. The fraction of sp³-hybridized carbons (Fsp3) is 0.545. The molecule has 0 radical (unpaired) electrons. The van der Waals surface area contributed by atoms with Crippen LogP contribution in [-0.4, -0.2) is 38.7 Å². The van der Waals surface area contributed by atoms with Gasteiger partial charge in [0, 0.05) is 26.0 Å². The molecule has 2 rings (SSSR count). The fourth-order valence-corrected chi connectivity index (χ4v) is 1.99. The molecule has 0 atom stereocenters. The Bertz CT molecular complexity index is 496. The molecule has 0 saturated carbocycles. The molecule has 6 heteroatoms. The maximum atomic E-state index is 5.74. The summed E-state index contributed by atoms with van der Waals surface area (Å²) < 4.78 is 1.76. The minimum absolute atomic E-state index is 0.664. The second-order valence-corrected chi connectivity index (χ2v) is 4.20. The van der Waals surface area contributed by atoms with Crippen LogP contribution in [0.3, 0.4) is 0 Å². The molecule has 0 bridgehead atoms. The van der Waals surface area contributed by atoms with E-state index >= 15 is 0 Å². The van der Waals surface area contributed by atoms with E-state index in [0.29, 0.717) is 5.88 Å². The molecule has 2 heterocycles. The number of anilines is 1. The van der Waals surface area contributed by atoms with Crippen LogP contribution in [0.4, 0.5) is 5.82 Å². The van der Waals surface area contributed by atoms with Gasteiger partial charge in [-0.2, -0.15) is 5.10 Å². The van der Waals surface area contributed by atoms with Gasteiger partial charge in [-0.3, -0.25) is 4.68 Å². The van der Waals surface area contributed by atoms with E-state index in [4.69, 9.17) is 11.6 Å². The second kappa shape index (κ2) is 5.31. The number of hydrogen-bond acceptors (Lipinski definition) is 4. The van der Waals surface area contributed by atoms with Gasteiger partial charge in [-0.15, -0.1) is 11.6 Å². The highest BCUT2D eigenvalue weighted by Crippen LogP contribution is 2.21. The Morgan fingerprint density at radius 2 is 2.24 bits per heavy atom. The van der Waals surface area contributed by atoms with E-state index in [9.17, 15) is 0 Å². The van der Waals surface area contributed by atoms with Crippen LogP contribution in [0.1, 0.15) is 13.3 Å². The number of fused-ring (bicyclic) bond motifs is 1. The summed E-state index contributed by atoms with van der Waals surface area (Å²) >= 11 is 5.74. The zero-order valence-corrected chi connectivity index (χ0v) is 10.9. The van der Waals surface area contributed by atoms with E-state index in [0.717, 1.165) is 36.4 Å². The first-order valence-electron chi connectivity index (χ1n) is 5.71. The SMILES string of the molecule is CCN(CCCCl)c1ncnc2c1cnn2C. The summed E-state index contributed by atoms with van der Waals surface area (Å²) in [5.41, 5.74) is 0.860.